The maximum absolute atomic E-state index is 11.8. The van der Waals surface area contributed by atoms with Gasteiger partial charge < -0.3 is 10.2 Å². The molecule has 0 aromatic heterocycles. The summed E-state index contributed by atoms with van der Waals surface area (Å²) < 4.78 is 0. The number of carbonyl (C=O) groups is 1. The molecule has 0 radical (unpaired) electrons. The SMILES string of the molecule is CCC(=O)[C@@](O)(CC)C1(O)CCCCC1. The van der Waals surface area contributed by atoms with E-state index in [-0.39, 0.29) is 12.2 Å². The van der Waals surface area contributed by atoms with Crippen molar-refractivity contribution in [2.24, 2.45) is 0 Å². The molecule has 0 saturated heterocycles. The van der Waals surface area contributed by atoms with Crippen molar-refractivity contribution in [2.75, 3.05) is 0 Å². The summed E-state index contributed by atoms with van der Waals surface area (Å²) in [6.45, 7) is 3.50. The predicted octanol–water partition coefficient (Wildman–Crippen LogP) is 1.80. The smallest absolute Gasteiger partial charge is 0.167 e. The van der Waals surface area contributed by atoms with E-state index in [1.807, 2.05) is 0 Å². The van der Waals surface area contributed by atoms with Crippen molar-refractivity contribution in [1.82, 2.24) is 0 Å². The Morgan fingerprint density at radius 3 is 2.20 bits per heavy atom. The number of carbonyl (C=O) groups excluding carboxylic acids is 1. The third-order valence-corrected chi connectivity index (χ3v) is 3.74. The molecular weight excluding hydrogens is 192 g/mol. The maximum atomic E-state index is 11.8. The van der Waals surface area contributed by atoms with E-state index in [4.69, 9.17) is 0 Å². The number of ketones is 1. The summed E-state index contributed by atoms with van der Waals surface area (Å²) in [6.07, 6.45) is 4.56. The van der Waals surface area contributed by atoms with Crippen LogP contribution < -0.4 is 0 Å². The molecule has 1 saturated carbocycles. The molecule has 1 rings (SSSR count). The van der Waals surface area contributed by atoms with E-state index >= 15 is 0 Å². The first-order valence-electron chi connectivity index (χ1n) is 5.98. The molecule has 0 aromatic rings. The fourth-order valence-electron chi connectivity index (χ4n) is 2.63. The van der Waals surface area contributed by atoms with Gasteiger partial charge in [0, 0.05) is 6.42 Å². The normalized spacial score (nSPS) is 24.5. The Hall–Kier alpha value is -0.410. The molecular formula is C12H22O3. The van der Waals surface area contributed by atoms with E-state index < -0.39 is 11.2 Å². The van der Waals surface area contributed by atoms with Gasteiger partial charge in [0.2, 0.25) is 0 Å². The van der Waals surface area contributed by atoms with Crippen molar-refractivity contribution in [3.63, 3.8) is 0 Å². The van der Waals surface area contributed by atoms with Crippen LogP contribution in [-0.4, -0.2) is 27.2 Å². The van der Waals surface area contributed by atoms with Crippen molar-refractivity contribution in [2.45, 2.75) is 70.0 Å². The molecule has 1 aliphatic carbocycles. The molecule has 15 heavy (non-hydrogen) atoms. The Kier molecular flexibility index (Phi) is 3.90. The second kappa shape index (κ2) is 4.62. The molecule has 0 aliphatic heterocycles. The van der Waals surface area contributed by atoms with Crippen LogP contribution in [0.4, 0.5) is 0 Å². The van der Waals surface area contributed by atoms with Crippen LogP contribution in [0.5, 0.6) is 0 Å². The van der Waals surface area contributed by atoms with E-state index in [0.717, 1.165) is 19.3 Å². The van der Waals surface area contributed by atoms with Crippen LogP contribution in [0.3, 0.4) is 0 Å². The number of Topliss-reactive ketones (excluding diaryl/α,β-unsaturated/α-hetero) is 1. The monoisotopic (exact) mass is 214 g/mol. The minimum absolute atomic E-state index is 0.227. The Bertz CT molecular complexity index is 231. The quantitative estimate of drug-likeness (QED) is 0.750. The fraction of sp³-hybridized carbons (Fsp3) is 0.917. The van der Waals surface area contributed by atoms with Crippen LogP contribution in [-0.2, 0) is 4.79 Å². The van der Waals surface area contributed by atoms with Gasteiger partial charge in [0.15, 0.2) is 11.4 Å². The Morgan fingerprint density at radius 1 is 1.27 bits per heavy atom. The second-order valence-corrected chi connectivity index (χ2v) is 4.58. The maximum Gasteiger partial charge on any atom is 0.167 e. The van der Waals surface area contributed by atoms with Crippen molar-refractivity contribution in [3.05, 3.63) is 0 Å². The molecule has 0 amide bonds. The van der Waals surface area contributed by atoms with Crippen LogP contribution >= 0.6 is 0 Å². The summed E-state index contributed by atoms with van der Waals surface area (Å²) in [5, 5.41) is 20.8. The van der Waals surface area contributed by atoms with Crippen molar-refractivity contribution in [1.29, 1.82) is 0 Å². The van der Waals surface area contributed by atoms with Gasteiger partial charge >= 0.3 is 0 Å². The van der Waals surface area contributed by atoms with Crippen LogP contribution in [0, 0.1) is 0 Å². The van der Waals surface area contributed by atoms with Gasteiger partial charge in [-0.1, -0.05) is 33.1 Å². The largest absolute Gasteiger partial charge is 0.386 e. The molecule has 0 bridgehead atoms. The van der Waals surface area contributed by atoms with E-state index in [9.17, 15) is 15.0 Å². The first-order chi connectivity index (χ1) is 7.00. The minimum Gasteiger partial charge on any atom is -0.386 e. The number of rotatable bonds is 4. The van der Waals surface area contributed by atoms with Crippen LogP contribution in [0.25, 0.3) is 0 Å². The summed E-state index contributed by atoms with van der Waals surface area (Å²) >= 11 is 0. The third-order valence-electron chi connectivity index (χ3n) is 3.74. The minimum atomic E-state index is -1.53. The molecule has 1 aliphatic rings. The van der Waals surface area contributed by atoms with E-state index in [1.165, 1.54) is 0 Å². The standard InChI is InChI=1S/C12H22O3/c1-3-10(13)12(15,4-2)11(14)8-6-5-7-9-11/h14-15H,3-9H2,1-2H3/t12-/m0/s1. The zero-order chi connectivity index (χ0) is 11.5. The fourth-order valence-corrected chi connectivity index (χ4v) is 2.63. The summed E-state index contributed by atoms with van der Waals surface area (Å²) in [5.41, 5.74) is -2.71. The highest BCUT2D eigenvalue weighted by molar-refractivity contribution is 5.88. The second-order valence-electron chi connectivity index (χ2n) is 4.58. The van der Waals surface area contributed by atoms with E-state index in [2.05, 4.69) is 0 Å². The lowest BCUT2D eigenvalue weighted by Gasteiger charge is -2.44. The lowest BCUT2D eigenvalue weighted by molar-refractivity contribution is -0.183. The molecule has 1 atom stereocenters. The first-order valence-corrected chi connectivity index (χ1v) is 5.98. The van der Waals surface area contributed by atoms with Crippen LogP contribution in [0.1, 0.15) is 58.8 Å². The highest BCUT2D eigenvalue weighted by Gasteiger charge is 2.52. The summed E-state index contributed by atoms with van der Waals surface area (Å²) in [5.74, 6) is -0.227. The number of aliphatic hydroxyl groups is 2. The average Bonchev–Trinajstić information content (AvgIpc) is 2.27. The first kappa shape index (κ1) is 12.7. The molecule has 0 aromatic carbocycles. The molecule has 0 heterocycles. The lowest BCUT2D eigenvalue weighted by atomic mass is 9.69. The Labute approximate surface area is 91.5 Å². The third kappa shape index (κ3) is 2.08. The highest BCUT2D eigenvalue weighted by atomic mass is 16.4. The molecule has 3 heteroatoms. The molecule has 2 N–H and O–H groups in total. The number of hydrogen-bond acceptors (Lipinski definition) is 3. The van der Waals surface area contributed by atoms with Crippen molar-refractivity contribution >= 4 is 5.78 Å². The molecule has 1 fully saturated rings. The zero-order valence-corrected chi connectivity index (χ0v) is 9.75. The van der Waals surface area contributed by atoms with Crippen LogP contribution in [0.2, 0.25) is 0 Å². The van der Waals surface area contributed by atoms with Gasteiger partial charge in [0.25, 0.3) is 0 Å². The molecule has 0 unspecified atom stereocenters. The van der Waals surface area contributed by atoms with E-state index in [0.29, 0.717) is 19.3 Å². The molecule has 3 nitrogen and oxygen atoms in total. The van der Waals surface area contributed by atoms with Gasteiger partial charge in [0.1, 0.15) is 5.60 Å². The lowest BCUT2D eigenvalue weighted by Crippen LogP contribution is -2.59. The van der Waals surface area contributed by atoms with Gasteiger partial charge in [-0.2, -0.15) is 0 Å². The summed E-state index contributed by atoms with van der Waals surface area (Å²) in [7, 11) is 0. The summed E-state index contributed by atoms with van der Waals surface area (Å²) in [6, 6.07) is 0. The molecule has 88 valence electrons. The average molecular weight is 214 g/mol. The predicted molar refractivity (Wildman–Crippen MR) is 58.6 cm³/mol. The van der Waals surface area contributed by atoms with Gasteiger partial charge in [-0.25, -0.2) is 0 Å². The molecule has 0 spiro atoms. The highest BCUT2D eigenvalue weighted by Crippen LogP contribution is 2.39. The number of hydrogen-bond donors (Lipinski definition) is 2. The van der Waals surface area contributed by atoms with Gasteiger partial charge in [0.05, 0.1) is 0 Å². The van der Waals surface area contributed by atoms with Gasteiger partial charge in [-0.15, -0.1) is 0 Å². The van der Waals surface area contributed by atoms with Crippen molar-refractivity contribution < 1.29 is 15.0 Å². The van der Waals surface area contributed by atoms with Crippen molar-refractivity contribution in [3.8, 4) is 0 Å². The topological polar surface area (TPSA) is 57.5 Å². The Morgan fingerprint density at radius 2 is 1.80 bits per heavy atom. The van der Waals surface area contributed by atoms with E-state index in [1.54, 1.807) is 13.8 Å². The van der Waals surface area contributed by atoms with Crippen LogP contribution in [0.15, 0.2) is 0 Å². The van der Waals surface area contributed by atoms with Gasteiger partial charge in [-0.05, 0) is 19.3 Å². The summed E-state index contributed by atoms with van der Waals surface area (Å²) in [4.78, 5) is 11.8. The van der Waals surface area contributed by atoms with Gasteiger partial charge in [-0.3, -0.25) is 4.79 Å². The Balaban J connectivity index is 2.92. The zero-order valence-electron chi connectivity index (χ0n) is 9.75.